The van der Waals surface area contributed by atoms with Gasteiger partial charge in [0.1, 0.15) is 5.76 Å². The molecule has 1 fully saturated rings. The van der Waals surface area contributed by atoms with Crippen LogP contribution < -0.4 is 5.32 Å². The average Bonchev–Trinajstić information content (AvgIpc) is 2.95. The Kier molecular flexibility index (Phi) is 5.11. The molecule has 1 atom stereocenters. The Labute approximate surface area is 112 Å². The molecule has 2 nitrogen and oxygen atoms in total. The van der Waals surface area contributed by atoms with Gasteiger partial charge in [0, 0.05) is 0 Å². The lowest BCUT2D eigenvalue weighted by Gasteiger charge is -2.17. The molecule has 0 saturated heterocycles. The minimum atomic E-state index is 0.381. The van der Waals surface area contributed by atoms with Gasteiger partial charge < -0.3 is 9.73 Å². The van der Waals surface area contributed by atoms with E-state index in [4.69, 9.17) is 4.42 Å². The summed E-state index contributed by atoms with van der Waals surface area (Å²) in [5.41, 5.74) is 0. The summed E-state index contributed by atoms with van der Waals surface area (Å²) in [7, 11) is 0. The average molecular weight is 300 g/mol. The van der Waals surface area contributed by atoms with E-state index < -0.39 is 0 Å². The highest BCUT2D eigenvalue weighted by molar-refractivity contribution is 9.10. The van der Waals surface area contributed by atoms with Gasteiger partial charge in [-0.1, -0.05) is 32.6 Å². The molecule has 1 aromatic heterocycles. The van der Waals surface area contributed by atoms with E-state index >= 15 is 0 Å². The first-order valence-electron chi connectivity index (χ1n) is 6.78. The predicted molar refractivity (Wildman–Crippen MR) is 74.0 cm³/mol. The van der Waals surface area contributed by atoms with Crippen LogP contribution >= 0.6 is 15.9 Å². The molecule has 0 aliphatic heterocycles. The van der Waals surface area contributed by atoms with Crippen molar-refractivity contribution < 1.29 is 4.42 Å². The highest BCUT2D eigenvalue weighted by atomic mass is 79.9. The number of hydrogen-bond acceptors (Lipinski definition) is 2. The SMILES string of the molecule is CCNC(CCC1CCCC1)c1ccc(Br)o1. The quantitative estimate of drug-likeness (QED) is 0.826. The van der Waals surface area contributed by atoms with E-state index in [0.29, 0.717) is 6.04 Å². The van der Waals surface area contributed by atoms with Crippen LogP contribution in [-0.4, -0.2) is 6.54 Å². The standard InChI is InChI=1S/C14H22BrNO/c1-2-16-12(13-9-10-14(15)17-13)8-7-11-5-3-4-6-11/h9-12,16H,2-8H2,1H3. The summed E-state index contributed by atoms with van der Waals surface area (Å²) >= 11 is 3.37. The third-order valence-corrected chi connectivity index (χ3v) is 4.15. The Morgan fingerprint density at radius 2 is 2.18 bits per heavy atom. The first kappa shape index (κ1) is 13.2. The second kappa shape index (κ2) is 6.60. The Morgan fingerprint density at radius 3 is 2.76 bits per heavy atom. The van der Waals surface area contributed by atoms with Gasteiger partial charge in [0.25, 0.3) is 0 Å². The van der Waals surface area contributed by atoms with E-state index in [1.807, 2.05) is 6.07 Å². The van der Waals surface area contributed by atoms with Crippen molar-refractivity contribution in [2.24, 2.45) is 5.92 Å². The third-order valence-electron chi connectivity index (χ3n) is 3.73. The smallest absolute Gasteiger partial charge is 0.169 e. The van der Waals surface area contributed by atoms with E-state index in [2.05, 4.69) is 34.2 Å². The van der Waals surface area contributed by atoms with Crippen molar-refractivity contribution >= 4 is 15.9 Å². The summed E-state index contributed by atoms with van der Waals surface area (Å²) in [5, 5.41) is 3.52. The highest BCUT2D eigenvalue weighted by Gasteiger charge is 2.19. The van der Waals surface area contributed by atoms with Gasteiger partial charge in [-0.05, 0) is 53.4 Å². The van der Waals surface area contributed by atoms with Crippen LogP contribution in [0.1, 0.15) is 57.3 Å². The van der Waals surface area contributed by atoms with Gasteiger partial charge in [-0.2, -0.15) is 0 Å². The van der Waals surface area contributed by atoms with Crippen LogP contribution in [0.2, 0.25) is 0 Å². The number of furan rings is 1. The van der Waals surface area contributed by atoms with Crippen LogP contribution in [0.15, 0.2) is 21.2 Å². The molecule has 17 heavy (non-hydrogen) atoms. The molecule has 1 heterocycles. The van der Waals surface area contributed by atoms with Gasteiger partial charge in [0.2, 0.25) is 0 Å². The van der Waals surface area contributed by atoms with E-state index in [-0.39, 0.29) is 0 Å². The number of halogens is 1. The van der Waals surface area contributed by atoms with Gasteiger partial charge >= 0.3 is 0 Å². The van der Waals surface area contributed by atoms with Gasteiger partial charge in [0.05, 0.1) is 6.04 Å². The summed E-state index contributed by atoms with van der Waals surface area (Å²) in [6.07, 6.45) is 8.25. The summed E-state index contributed by atoms with van der Waals surface area (Å²) in [6.45, 7) is 3.15. The number of hydrogen-bond donors (Lipinski definition) is 1. The molecule has 1 aliphatic carbocycles. The maximum Gasteiger partial charge on any atom is 0.169 e. The molecular weight excluding hydrogens is 278 g/mol. The fraction of sp³-hybridized carbons (Fsp3) is 0.714. The van der Waals surface area contributed by atoms with Crippen LogP contribution in [0.4, 0.5) is 0 Å². The lowest BCUT2D eigenvalue weighted by molar-refractivity contribution is 0.358. The molecule has 1 aliphatic rings. The van der Waals surface area contributed by atoms with Crippen molar-refractivity contribution in [3.8, 4) is 0 Å². The van der Waals surface area contributed by atoms with E-state index in [1.165, 1.54) is 38.5 Å². The number of rotatable bonds is 6. The predicted octanol–water partition coefficient (Wildman–Crippen LogP) is 4.66. The fourth-order valence-electron chi connectivity index (χ4n) is 2.81. The van der Waals surface area contributed by atoms with Gasteiger partial charge in [-0.3, -0.25) is 0 Å². The number of nitrogens with one attached hydrogen (secondary N) is 1. The summed E-state index contributed by atoms with van der Waals surface area (Å²) in [4.78, 5) is 0. The van der Waals surface area contributed by atoms with E-state index in [0.717, 1.165) is 22.9 Å². The van der Waals surface area contributed by atoms with Crippen molar-refractivity contribution in [2.75, 3.05) is 6.54 Å². The maximum atomic E-state index is 5.67. The van der Waals surface area contributed by atoms with Gasteiger partial charge in [-0.15, -0.1) is 0 Å². The highest BCUT2D eigenvalue weighted by Crippen LogP contribution is 2.32. The Hall–Kier alpha value is -0.280. The molecule has 0 spiro atoms. The minimum absolute atomic E-state index is 0.381. The second-order valence-corrected chi connectivity index (χ2v) is 5.76. The van der Waals surface area contributed by atoms with Crippen molar-refractivity contribution in [2.45, 2.75) is 51.5 Å². The van der Waals surface area contributed by atoms with Crippen molar-refractivity contribution in [3.05, 3.63) is 22.6 Å². The van der Waals surface area contributed by atoms with Crippen LogP contribution in [-0.2, 0) is 0 Å². The lowest BCUT2D eigenvalue weighted by atomic mass is 9.97. The molecular formula is C14H22BrNO. The zero-order chi connectivity index (χ0) is 12.1. The minimum Gasteiger partial charge on any atom is -0.453 e. The van der Waals surface area contributed by atoms with Crippen molar-refractivity contribution in [3.63, 3.8) is 0 Å². The first-order valence-corrected chi connectivity index (χ1v) is 7.57. The Balaban J connectivity index is 1.87. The molecule has 3 heteroatoms. The molecule has 0 bridgehead atoms. The zero-order valence-electron chi connectivity index (χ0n) is 10.5. The maximum absolute atomic E-state index is 5.67. The fourth-order valence-corrected chi connectivity index (χ4v) is 3.13. The molecule has 1 saturated carbocycles. The summed E-state index contributed by atoms with van der Waals surface area (Å²) in [5.74, 6) is 2.02. The first-order chi connectivity index (χ1) is 8.29. The molecule has 1 N–H and O–H groups in total. The lowest BCUT2D eigenvalue weighted by Crippen LogP contribution is -2.21. The summed E-state index contributed by atoms with van der Waals surface area (Å²) < 4.78 is 6.50. The van der Waals surface area contributed by atoms with Crippen molar-refractivity contribution in [1.82, 2.24) is 5.32 Å². The molecule has 0 amide bonds. The van der Waals surface area contributed by atoms with Crippen LogP contribution in [0, 0.1) is 5.92 Å². The monoisotopic (exact) mass is 299 g/mol. The van der Waals surface area contributed by atoms with Gasteiger partial charge in [0.15, 0.2) is 4.67 Å². The Bertz CT molecular complexity index is 331. The van der Waals surface area contributed by atoms with E-state index in [1.54, 1.807) is 0 Å². The second-order valence-electron chi connectivity index (χ2n) is 4.98. The summed E-state index contributed by atoms with van der Waals surface area (Å²) in [6, 6.07) is 4.44. The van der Waals surface area contributed by atoms with Crippen LogP contribution in [0.5, 0.6) is 0 Å². The molecule has 96 valence electrons. The van der Waals surface area contributed by atoms with Crippen LogP contribution in [0.3, 0.4) is 0 Å². The molecule has 0 aromatic carbocycles. The van der Waals surface area contributed by atoms with Crippen molar-refractivity contribution in [1.29, 1.82) is 0 Å². The molecule has 1 aromatic rings. The Morgan fingerprint density at radius 1 is 1.41 bits per heavy atom. The topological polar surface area (TPSA) is 25.2 Å². The third kappa shape index (κ3) is 3.85. The van der Waals surface area contributed by atoms with E-state index in [9.17, 15) is 0 Å². The largest absolute Gasteiger partial charge is 0.453 e. The zero-order valence-corrected chi connectivity index (χ0v) is 12.1. The van der Waals surface area contributed by atoms with Gasteiger partial charge in [-0.25, -0.2) is 0 Å². The normalized spacial score (nSPS) is 18.7. The molecule has 1 unspecified atom stereocenters. The van der Waals surface area contributed by atoms with Crippen LogP contribution in [0.25, 0.3) is 0 Å². The molecule has 2 rings (SSSR count). The molecule has 0 radical (unpaired) electrons.